The first-order chi connectivity index (χ1) is 11.8. The van der Waals surface area contributed by atoms with E-state index in [4.69, 9.17) is 0 Å². The van der Waals surface area contributed by atoms with E-state index >= 15 is 0 Å². The summed E-state index contributed by atoms with van der Waals surface area (Å²) in [7, 11) is 0. The van der Waals surface area contributed by atoms with Gasteiger partial charge in [-0.25, -0.2) is 4.98 Å². The molecule has 0 radical (unpaired) electrons. The van der Waals surface area contributed by atoms with E-state index in [9.17, 15) is 4.79 Å². The highest BCUT2D eigenvalue weighted by Gasteiger charge is 2.23. The highest BCUT2D eigenvalue weighted by atomic mass is 32.2. The lowest BCUT2D eigenvalue weighted by atomic mass is 10.0. The van der Waals surface area contributed by atoms with Gasteiger partial charge < -0.3 is 5.32 Å². The molecular formula is C19H17N3OS. The fraction of sp³-hybridized carbons (Fsp3) is 0.158. The molecule has 1 aliphatic heterocycles. The van der Waals surface area contributed by atoms with Crippen molar-refractivity contribution in [3.63, 3.8) is 0 Å². The van der Waals surface area contributed by atoms with Crippen LogP contribution in [0.25, 0.3) is 5.69 Å². The zero-order chi connectivity index (χ0) is 16.4. The van der Waals surface area contributed by atoms with Gasteiger partial charge in [0.25, 0.3) is 5.91 Å². The highest BCUT2D eigenvalue weighted by molar-refractivity contribution is 7.99. The zero-order valence-electron chi connectivity index (χ0n) is 13.1. The third-order valence-corrected chi connectivity index (χ3v) is 5.29. The van der Waals surface area contributed by atoms with Gasteiger partial charge in [0.2, 0.25) is 0 Å². The van der Waals surface area contributed by atoms with Gasteiger partial charge in [-0.15, -0.1) is 11.8 Å². The molecule has 1 unspecified atom stereocenters. The van der Waals surface area contributed by atoms with E-state index in [-0.39, 0.29) is 11.9 Å². The Hall–Kier alpha value is -2.53. The summed E-state index contributed by atoms with van der Waals surface area (Å²) >= 11 is 1.85. The molecule has 0 saturated heterocycles. The van der Waals surface area contributed by atoms with Crippen molar-refractivity contribution >= 4 is 17.7 Å². The van der Waals surface area contributed by atoms with Gasteiger partial charge in [-0.1, -0.05) is 36.4 Å². The van der Waals surface area contributed by atoms with Crippen LogP contribution in [-0.2, 0) is 0 Å². The van der Waals surface area contributed by atoms with Crippen LogP contribution in [0.2, 0.25) is 0 Å². The molecule has 0 fully saturated rings. The van der Waals surface area contributed by atoms with Crippen LogP contribution < -0.4 is 5.32 Å². The maximum absolute atomic E-state index is 12.8. The Bertz CT molecular complexity index is 860. The van der Waals surface area contributed by atoms with E-state index in [0.29, 0.717) is 5.69 Å². The third-order valence-electron chi connectivity index (χ3n) is 4.17. The number of benzene rings is 2. The fourth-order valence-corrected chi connectivity index (χ4v) is 4.11. The second-order valence-corrected chi connectivity index (χ2v) is 6.82. The van der Waals surface area contributed by atoms with Crippen LogP contribution in [0.5, 0.6) is 0 Å². The van der Waals surface area contributed by atoms with Gasteiger partial charge in [0.05, 0.1) is 18.6 Å². The van der Waals surface area contributed by atoms with Gasteiger partial charge in [-0.3, -0.25) is 9.36 Å². The Kier molecular flexibility index (Phi) is 4.09. The number of aromatic nitrogens is 2. The van der Waals surface area contributed by atoms with Crippen LogP contribution in [0, 0.1) is 0 Å². The van der Waals surface area contributed by atoms with Crippen LogP contribution in [0.3, 0.4) is 0 Å². The molecule has 0 saturated carbocycles. The van der Waals surface area contributed by atoms with E-state index in [1.54, 1.807) is 12.5 Å². The predicted molar refractivity (Wildman–Crippen MR) is 95.6 cm³/mol. The molecule has 1 aliphatic rings. The van der Waals surface area contributed by atoms with Gasteiger partial charge in [-0.2, -0.15) is 0 Å². The lowest BCUT2D eigenvalue weighted by Crippen LogP contribution is -2.31. The maximum Gasteiger partial charge on any atom is 0.270 e. The van der Waals surface area contributed by atoms with E-state index in [2.05, 4.69) is 22.4 Å². The molecule has 1 aromatic heterocycles. The summed E-state index contributed by atoms with van der Waals surface area (Å²) in [4.78, 5) is 18.2. The monoisotopic (exact) mass is 335 g/mol. The molecule has 120 valence electrons. The van der Waals surface area contributed by atoms with Crippen LogP contribution in [-0.4, -0.2) is 21.2 Å². The SMILES string of the molecule is O=C(NC1CCSc2ccccc21)c1cncn1-c1ccccc1. The number of carbonyl (C=O) groups excluding carboxylic acids is 1. The van der Waals surface area contributed by atoms with Gasteiger partial charge in [-0.05, 0) is 30.2 Å². The Morgan fingerprint density at radius 2 is 1.92 bits per heavy atom. The van der Waals surface area contributed by atoms with Crippen LogP contribution in [0.4, 0.5) is 0 Å². The largest absolute Gasteiger partial charge is 0.344 e. The number of imidazole rings is 1. The zero-order valence-corrected chi connectivity index (χ0v) is 13.9. The van der Waals surface area contributed by atoms with Crippen molar-refractivity contribution in [2.24, 2.45) is 0 Å². The van der Waals surface area contributed by atoms with Gasteiger partial charge >= 0.3 is 0 Å². The molecule has 1 amide bonds. The highest BCUT2D eigenvalue weighted by Crippen LogP contribution is 2.35. The third kappa shape index (κ3) is 2.83. The molecule has 0 bridgehead atoms. The van der Waals surface area contributed by atoms with Crippen LogP contribution in [0.15, 0.2) is 72.0 Å². The molecule has 2 heterocycles. The molecule has 1 N–H and O–H groups in total. The minimum absolute atomic E-state index is 0.0501. The topological polar surface area (TPSA) is 46.9 Å². The van der Waals surface area contributed by atoms with E-state index < -0.39 is 0 Å². The van der Waals surface area contributed by atoms with Crippen molar-refractivity contribution in [1.29, 1.82) is 0 Å². The second kappa shape index (κ2) is 6.53. The summed E-state index contributed by atoms with van der Waals surface area (Å²) in [5.41, 5.74) is 2.68. The van der Waals surface area contributed by atoms with Gasteiger partial charge in [0, 0.05) is 16.3 Å². The Morgan fingerprint density at radius 1 is 1.12 bits per heavy atom. The number of hydrogen-bond acceptors (Lipinski definition) is 3. The van der Waals surface area contributed by atoms with E-state index in [1.807, 2.05) is 58.8 Å². The standard InChI is InChI=1S/C19H17N3OS/c23-19(17-12-20-13-22(17)14-6-2-1-3-7-14)21-16-10-11-24-18-9-5-4-8-15(16)18/h1-9,12-13,16H,10-11H2,(H,21,23). The summed E-state index contributed by atoms with van der Waals surface area (Å²) in [6.07, 6.45) is 4.23. The minimum atomic E-state index is -0.0944. The summed E-state index contributed by atoms with van der Waals surface area (Å²) in [6.45, 7) is 0. The number of thioether (sulfide) groups is 1. The molecule has 1 atom stereocenters. The maximum atomic E-state index is 12.8. The lowest BCUT2D eigenvalue weighted by Gasteiger charge is -2.26. The molecule has 0 spiro atoms. The van der Waals surface area contributed by atoms with Gasteiger partial charge in [0.15, 0.2) is 0 Å². The fourth-order valence-electron chi connectivity index (χ4n) is 2.98. The van der Waals surface area contributed by atoms with Crippen LogP contribution >= 0.6 is 11.8 Å². The Balaban J connectivity index is 1.60. The van der Waals surface area contributed by atoms with E-state index in [1.165, 1.54) is 10.5 Å². The number of nitrogens with one attached hydrogen (secondary N) is 1. The lowest BCUT2D eigenvalue weighted by molar-refractivity contribution is 0.0928. The minimum Gasteiger partial charge on any atom is -0.344 e. The molecule has 0 aliphatic carbocycles. The number of fused-ring (bicyclic) bond motifs is 1. The van der Waals surface area contributed by atoms with Gasteiger partial charge in [0.1, 0.15) is 5.69 Å². The molecular weight excluding hydrogens is 318 g/mol. The molecule has 5 heteroatoms. The average molecular weight is 335 g/mol. The molecule has 3 aromatic rings. The van der Waals surface area contributed by atoms with Crippen molar-refractivity contribution in [2.45, 2.75) is 17.4 Å². The number of rotatable bonds is 3. The normalized spacial score (nSPS) is 16.4. The number of carbonyl (C=O) groups is 1. The first-order valence-electron chi connectivity index (χ1n) is 7.93. The average Bonchev–Trinajstić information content (AvgIpc) is 3.13. The second-order valence-electron chi connectivity index (χ2n) is 5.69. The number of nitrogens with zero attached hydrogens (tertiary/aromatic N) is 2. The van der Waals surface area contributed by atoms with Crippen molar-refractivity contribution in [3.8, 4) is 5.69 Å². The van der Waals surface area contributed by atoms with Crippen molar-refractivity contribution in [1.82, 2.24) is 14.9 Å². The number of para-hydroxylation sites is 1. The number of amides is 1. The van der Waals surface area contributed by atoms with Crippen molar-refractivity contribution < 1.29 is 4.79 Å². The summed E-state index contributed by atoms with van der Waals surface area (Å²) in [6, 6.07) is 18.1. The van der Waals surface area contributed by atoms with Crippen molar-refractivity contribution in [2.75, 3.05) is 5.75 Å². The molecule has 4 rings (SSSR count). The summed E-state index contributed by atoms with van der Waals surface area (Å²) in [5.74, 6) is 0.919. The molecule has 2 aromatic carbocycles. The number of hydrogen-bond donors (Lipinski definition) is 1. The Morgan fingerprint density at radius 3 is 2.79 bits per heavy atom. The quantitative estimate of drug-likeness (QED) is 0.791. The summed E-state index contributed by atoms with van der Waals surface area (Å²) < 4.78 is 1.82. The Labute approximate surface area is 144 Å². The van der Waals surface area contributed by atoms with Crippen molar-refractivity contribution in [3.05, 3.63) is 78.4 Å². The van der Waals surface area contributed by atoms with E-state index in [0.717, 1.165) is 17.9 Å². The molecule has 4 nitrogen and oxygen atoms in total. The molecule has 24 heavy (non-hydrogen) atoms. The first kappa shape index (κ1) is 15.0. The summed E-state index contributed by atoms with van der Waals surface area (Å²) in [5, 5.41) is 3.17. The predicted octanol–water partition coefficient (Wildman–Crippen LogP) is 3.84. The first-order valence-corrected chi connectivity index (χ1v) is 8.92. The van der Waals surface area contributed by atoms with Crippen LogP contribution in [0.1, 0.15) is 28.5 Å². The smallest absolute Gasteiger partial charge is 0.270 e.